The fourth-order valence-electron chi connectivity index (χ4n) is 3.06. The monoisotopic (exact) mass is 422 g/mol. The van der Waals surface area contributed by atoms with Crippen LogP contribution >= 0.6 is 11.9 Å². The highest BCUT2D eigenvalue weighted by Crippen LogP contribution is 2.41. The number of fused-ring (bicyclic) bond motifs is 1. The number of rotatable bonds is 6. The van der Waals surface area contributed by atoms with Gasteiger partial charge in [0.25, 0.3) is 0 Å². The van der Waals surface area contributed by atoms with Crippen LogP contribution in [0.1, 0.15) is 6.92 Å². The molecule has 0 saturated carbocycles. The van der Waals surface area contributed by atoms with Gasteiger partial charge in [0.05, 0.1) is 10.6 Å². The number of carboxylic acid groups (broad SMARTS) is 1. The lowest BCUT2D eigenvalue weighted by molar-refractivity contribution is -0.144. The number of anilines is 2. The SMILES string of the molecule is CC(Oc1ccc2c(c1)N(C)CN(c1ccc(Oc3ccccc3)cc1)S2)C(=O)O. The molecule has 3 aromatic carbocycles. The summed E-state index contributed by atoms with van der Waals surface area (Å²) in [7, 11) is 2.00. The summed E-state index contributed by atoms with van der Waals surface area (Å²) in [4.78, 5) is 14.2. The molecule has 30 heavy (non-hydrogen) atoms. The molecule has 6 nitrogen and oxygen atoms in total. The third-order valence-electron chi connectivity index (χ3n) is 4.66. The zero-order chi connectivity index (χ0) is 21.1. The van der Waals surface area contributed by atoms with Gasteiger partial charge in [-0.1, -0.05) is 18.2 Å². The van der Waals surface area contributed by atoms with Crippen LogP contribution in [-0.4, -0.2) is 30.9 Å². The standard InChI is InChI=1S/C23H22N2O4S/c1-16(23(26)27)28-20-12-13-22-21(14-20)24(2)15-25(30-22)17-8-10-19(11-9-17)29-18-6-4-3-5-7-18/h3-14,16H,15H2,1-2H3,(H,26,27). The Kier molecular flexibility index (Phi) is 5.72. The Labute approximate surface area is 179 Å². The zero-order valence-electron chi connectivity index (χ0n) is 16.7. The lowest BCUT2D eigenvalue weighted by atomic mass is 10.2. The third kappa shape index (κ3) is 4.46. The number of carbonyl (C=O) groups is 1. The molecule has 3 aromatic rings. The Morgan fingerprint density at radius 1 is 1.00 bits per heavy atom. The topological polar surface area (TPSA) is 62.2 Å². The van der Waals surface area contributed by atoms with Gasteiger partial charge in [0.15, 0.2) is 6.10 Å². The number of nitrogens with zero attached hydrogens (tertiary/aromatic N) is 2. The summed E-state index contributed by atoms with van der Waals surface area (Å²) in [5.41, 5.74) is 2.08. The first kappa shape index (κ1) is 20.0. The number of hydrogen-bond acceptors (Lipinski definition) is 6. The molecule has 0 saturated heterocycles. The van der Waals surface area contributed by atoms with Gasteiger partial charge >= 0.3 is 5.97 Å². The van der Waals surface area contributed by atoms with E-state index in [1.54, 1.807) is 18.0 Å². The Morgan fingerprint density at radius 2 is 1.67 bits per heavy atom. The van der Waals surface area contributed by atoms with Gasteiger partial charge in [-0.3, -0.25) is 4.31 Å². The van der Waals surface area contributed by atoms with E-state index in [4.69, 9.17) is 14.6 Å². The summed E-state index contributed by atoms with van der Waals surface area (Å²) in [6.45, 7) is 2.20. The second-order valence-electron chi connectivity index (χ2n) is 6.95. The van der Waals surface area contributed by atoms with E-state index < -0.39 is 12.1 Å². The van der Waals surface area contributed by atoms with E-state index in [-0.39, 0.29) is 0 Å². The van der Waals surface area contributed by atoms with Crippen molar-refractivity contribution in [3.8, 4) is 17.2 Å². The maximum Gasteiger partial charge on any atom is 0.344 e. The maximum absolute atomic E-state index is 11.0. The normalized spacial score (nSPS) is 14.1. The molecule has 1 heterocycles. The summed E-state index contributed by atoms with van der Waals surface area (Å²) < 4.78 is 13.6. The number of hydrogen-bond donors (Lipinski definition) is 1. The molecular weight excluding hydrogens is 400 g/mol. The van der Waals surface area contributed by atoms with Crippen LogP contribution in [0.5, 0.6) is 17.2 Å². The predicted octanol–water partition coefficient (Wildman–Crippen LogP) is 5.25. The highest BCUT2D eigenvalue weighted by Gasteiger charge is 2.23. The van der Waals surface area contributed by atoms with Gasteiger partial charge in [0.1, 0.15) is 23.9 Å². The highest BCUT2D eigenvalue weighted by atomic mass is 32.2. The lowest BCUT2D eigenvalue weighted by Gasteiger charge is -2.36. The smallest absolute Gasteiger partial charge is 0.344 e. The van der Waals surface area contributed by atoms with E-state index in [0.717, 1.165) is 27.8 Å². The third-order valence-corrected chi connectivity index (χ3v) is 5.74. The largest absolute Gasteiger partial charge is 0.479 e. The van der Waals surface area contributed by atoms with Crippen molar-refractivity contribution in [3.05, 3.63) is 72.8 Å². The summed E-state index contributed by atoms with van der Waals surface area (Å²) in [6, 6.07) is 23.3. The minimum absolute atomic E-state index is 0.548. The second-order valence-corrected chi connectivity index (χ2v) is 8.01. The Morgan fingerprint density at radius 3 is 2.37 bits per heavy atom. The molecule has 1 aliphatic heterocycles. The number of para-hydroxylation sites is 1. The van der Waals surface area contributed by atoms with E-state index in [1.165, 1.54) is 6.92 Å². The molecule has 7 heteroatoms. The van der Waals surface area contributed by atoms with Crippen molar-refractivity contribution < 1.29 is 19.4 Å². The van der Waals surface area contributed by atoms with Crippen molar-refractivity contribution in [2.45, 2.75) is 17.9 Å². The lowest BCUT2D eigenvalue weighted by Crippen LogP contribution is -2.35. The molecule has 1 N–H and O–H groups in total. The molecule has 0 spiro atoms. The molecule has 0 radical (unpaired) electrons. The van der Waals surface area contributed by atoms with Crippen LogP contribution in [0.25, 0.3) is 0 Å². The molecule has 0 aliphatic carbocycles. The number of benzene rings is 3. The van der Waals surface area contributed by atoms with Gasteiger partial charge < -0.3 is 19.5 Å². The minimum atomic E-state index is -0.985. The van der Waals surface area contributed by atoms with Crippen molar-refractivity contribution in [3.63, 3.8) is 0 Å². The van der Waals surface area contributed by atoms with Crippen molar-refractivity contribution in [1.82, 2.24) is 0 Å². The van der Waals surface area contributed by atoms with Crippen molar-refractivity contribution in [2.75, 3.05) is 22.9 Å². The van der Waals surface area contributed by atoms with Crippen molar-refractivity contribution >= 4 is 29.3 Å². The number of aliphatic carboxylic acids is 1. The van der Waals surface area contributed by atoms with Gasteiger partial charge in [-0.05, 0) is 67.4 Å². The number of carboxylic acids is 1. The summed E-state index contributed by atoms with van der Waals surface area (Å²) in [5, 5.41) is 9.04. The summed E-state index contributed by atoms with van der Waals surface area (Å²) in [6.07, 6.45) is -0.891. The van der Waals surface area contributed by atoms with Crippen LogP contribution in [0, 0.1) is 0 Å². The van der Waals surface area contributed by atoms with E-state index in [9.17, 15) is 4.79 Å². The quantitative estimate of drug-likeness (QED) is 0.544. The fourth-order valence-corrected chi connectivity index (χ4v) is 4.19. The highest BCUT2D eigenvalue weighted by molar-refractivity contribution is 8.00. The van der Waals surface area contributed by atoms with E-state index in [1.807, 2.05) is 73.8 Å². The van der Waals surface area contributed by atoms with Gasteiger partial charge in [-0.2, -0.15) is 0 Å². The molecule has 1 unspecified atom stereocenters. The second kappa shape index (κ2) is 8.59. The average molecular weight is 423 g/mol. The Bertz CT molecular complexity index is 1030. The zero-order valence-corrected chi connectivity index (χ0v) is 17.5. The fraction of sp³-hybridized carbons (Fsp3) is 0.174. The van der Waals surface area contributed by atoms with Gasteiger partial charge in [0, 0.05) is 18.8 Å². The van der Waals surface area contributed by atoms with Gasteiger partial charge in [-0.25, -0.2) is 4.79 Å². The molecule has 1 aliphatic rings. The Hall–Kier alpha value is -3.32. The van der Waals surface area contributed by atoms with Crippen LogP contribution < -0.4 is 18.7 Å². The van der Waals surface area contributed by atoms with Gasteiger partial charge in [0.2, 0.25) is 0 Å². The molecule has 0 fully saturated rings. The summed E-state index contributed by atoms with van der Waals surface area (Å²) >= 11 is 1.64. The molecule has 0 bridgehead atoms. The van der Waals surface area contributed by atoms with Crippen LogP contribution in [-0.2, 0) is 4.79 Å². The molecule has 154 valence electrons. The van der Waals surface area contributed by atoms with Crippen LogP contribution in [0.3, 0.4) is 0 Å². The number of ether oxygens (including phenoxy) is 2. The van der Waals surface area contributed by atoms with E-state index in [0.29, 0.717) is 12.4 Å². The first-order valence-corrected chi connectivity index (χ1v) is 10.3. The maximum atomic E-state index is 11.0. The average Bonchev–Trinajstić information content (AvgIpc) is 2.75. The van der Waals surface area contributed by atoms with Crippen molar-refractivity contribution in [1.29, 1.82) is 0 Å². The first-order chi connectivity index (χ1) is 14.5. The van der Waals surface area contributed by atoms with E-state index in [2.05, 4.69) is 9.21 Å². The van der Waals surface area contributed by atoms with Crippen LogP contribution in [0.15, 0.2) is 77.7 Å². The molecule has 4 rings (SSSR count). The van der Waals surface area contributed by atoms with Gasteiger partial charge in [-0.15, -0.1) is 0 Å². The van der Waals surface area contributed by atoms with Crippen LogP contribution in [0.2, 0.25) is 0 Å². The molecular formula is C23H22N2O4S. The van der Waals surface area contributed by atoms with E-state index >= 15 is 0 Å². The molecule has 1 atom stereocenters. The van der Waals surface area contributed by atoms with Crippen LogP contribution in [0.4, 0.5) is 11.4 Å². The minimum Gasteiger partial charge on any atom is -0.479 e. The van der Waals surface area contributed by atoms with Crippen molar-refractivity contribution in [2.24, 2.45) is 0 Å². The molecule has 0 aromatic heterocycles. The summed E-state index contributed by atoms with van der Waals surface area (Å²) in [5.74, 6) is 1.16. The molecule has 0 amide bonds. The first-order valence-electron chi connectivity index (χ1n) is 9.53. The predicted molar refractivity (Wildman–Crippen MR) is 119 cm³/mol. The Balaban J connectivity index is 1.47.